The summed E-state index contributed by atoms with van der Waals surface area (Å²) in [6.07, 6.45) is 10.9. The van der Waals surface area contributed by atoms with Crippen molar-refractivity contribution in [3.8, 4) is 90.8 Å². The zero-order valence-corrected chi connectivity index (χ0v) is 71.4. The van der Waals surface area contributed by atoms with Gasteiger partial charge in [0.1, 0.15) is 11.5 Å². The number of hydrogen-bond donors (Lipinski definition) is 3. The number of aliphatic hydroxyl groups excluding tert-OH is 1. The maximum atomic E-state index is 10.1. The number of nitrogens with zero attached hydrogens (tertiary/aromatic N) is 14. The maximum Gasteiger partial charge on any atom is 0.155 e. The van der Waals surface area contributed by atoms with Gasteiger partial charge in [-0.25, -0.2) is 9.97 Å². The van der Waals surface area contributed by atoms with E-state index in [9.17, 15) is 15.0 Å². The number of carbonyl (C=O) groups excluding carboxylic acids is 3. The van der Waals surface area contributed by atoms with Crippen molar-refractivity contribution in [1.82, 2.24) is 60.3 Å². The molecule has 9 aromatic heterocycles. The van der Waals surface area contributed by atoms with Crippen LogP contribution in [-0.2, 0) is 117 Å². The number of benzene rings is 6. The summed E-state index contributed by atoms with van der Waals surface area (Å²) in [7, 11) is 0. The molecule has 0 atom stereocenters. The summed E-state index contributed by atoms with van der Waals surface area (Å²) in [5.74, 6) is 1.58. The molecule has 10 heterocycles. The quantitative estimate of drug-likeness (QED) is 0.0523. The van der Waals surface area contributed by atoms with E-state index >= 15 is 0 Å². The Labute approximate surface area is 707 Å². The zero-order valence-electron chi connectivity index (χ0n) is 59.6. The number of aromatic nitrogens is 12. The van der Waals surface area contributed by atoms with Crippen LogP contribution in [0.4, 0.5) is 0 Å². The van der Waals surface area contributed by atoms with Crippen molar-refractivity contribution in [3.05, 3.63) is 327 Å². The third-order valence-corrected chi connectivity index (χ3v) is 14.6. The standard InChI is InChI=1S/C22H16N2O2.2C15H10N.C9H9N3.C9H8N3.C8H7N4.C5H8O2.2CHO.2Ir.Os.2Pt/c25-21-13-3-1-7-15(21)17-9-5-11-19(23-17)20-12-6-10-18(24-20)16-8-2-4-14-22(16)26;2*1-2-7-13(8-3-1)15-14-9-5-4-6-12(14)10-11-16-15;2*1-7-6-9(12-11-7)8-4-2-3-5-10-8;1-6-10-8(12-11-6)7-4-2-3-5-9-7;1-4(6)3-5(2)7;2*1-2;;;;;/h1-14,25-26H;2*1-7,9-11H;2-5H,6H2,1H3;2-6H,1H3;2-5H,1H3;3,6H,1-2H3;2*1H;;;;;/q;2*-1;;2*-1;;2*-1;;;;;. The van der Waals surface area contributed by atoms with E-state index in [-0.39, 0.29) is 125 Å². The van der Waals surface area contributed by atoms with Gasteiger partial charge in [0.15, 0.2) is 5.78 Å². The van der Waals surface area contributed by atoms with E-state index in [2.05, 4.69) is 120 Å². The van der Waals surface area contributed by atoms with Crippen molar-refractivity contribution in [2.24, 2.45) is 10.2 Å². The Hall–Kier alpha value is -11.0. The van der Waals surface area contributed by atoms with Gasteiger partial charge in [0, 0.05) is 180 Å². The van der Waals surface area contributed by atoms with Crippen LogP contribution in [0.1, 0.15) is 44.4 Å². The number of aliphatic hydroxyl groups is 1. The largest absolute Gasteiger partial charge is 0.574 e. The van der Waals surface area contributed by atoms with Gasteiger partial charge in [-0.2, -0.15) is 10.2 Å². The van der Waals surface area contributed by atoms with Crippen molar-refractivity contribution in [1.29, 1.82) is 0 Å². The van der Waals surface area contributed by atoms with Crippen LogP contribution in [0.5, 0.6) is 11.5 Å². The molecule has 0 unspecified atom stereocenters. The van der Waals surface area contributed by atoms with Crippen LogP contribution in [0.2, 0.25) is 0 Å². The normalized spacial score (nSPS) is 10.3. The van der Waals surface area contributed by atoms with Crippen molar-refractivity contribution in [3.63, 3.8) is 0 Å². The first-order valence-corrected chi connectivity index (χ1v) is 32.5. The first kappa shape index (κ1) is 93.2. The van der Waals surface area contributed by atoms with Gasteiger partial charge in [-0.1, -0.05) is 115 Å². The van der Waals surface area contributed by atoms with Crippen LogP contribution in [0.3, 0.4) is 0 Å². The molecule has 0 saturated carbocycles. The molecule has 2 radical (unpaired) electrons. The van der Waals surface area contributed by atoms with Gasteiger partial charge in [0.25, 0.3) is 0 Å². The number of carbonyl (C=O) groups is 1. The minimum atomic E-state index is -0.125. The molecule has 0 fully saturated rings. The van der Waals surface area contributed by atoms with Gasteiger partial charge < -0.3 is 55.2 Å². The molecule has 110 heavy (non-hydrogen) atoms. The smallest absolute Gasteiger partial charge is 0.155 e. The molecular formula is C85H70Ir2N14O6OsPt2-6. The summed E-state index contributed by atoms with van der Waals surface area (Å²) in [5.41, 5.74) is 14.5. The van der Waals surface area contributed by atoms with E-state index in [0.29, 0.717) is 45.6 Å². The van der Waals surface area contributed by atoms with Crippen LogP contribution in [-0.4, -0.2) is 96.2 Å². The molecule has 0 aliphatic carbocycles. The molecule has 15 aromatic rings. The van der Waals surface area contributed by atoms with E-state index in [1.807, 2.05) is 232 Å². The molecule has 568 valence electrons. The maximum absolute atomic E-state index is 10.1. The van der Waals surface area contributed by atoms with Crippen LogP contribution in [0.25, 0.3) is 101 Å². The third-order valence-electron chi connectivity index (χ3n) is 14.6. The Morgan fingerprint density at radius 1 is 0.445 bits per heavy atom. The van der Waals surface area contributed by atoms with Crippen LogP contribution in [0, 0.1) is 26.0 Å². The minimum absolute atomic E-state index is 0. The second kappa shape index (κ2) is 50.6. The van der Waals surface area contributed by atoms with Gasteiger partial charge in [0.2, 0.25) is 0 Å². The zero-order chi connectivity index (χ0) is 74.6. The van der Waals surface area contributed by atoms with Crippen molar-refractivity contribution in [2.75, 3.05) is 0 Å². The van der Waals surface area contributed by atoms with E-state index in [1.54, 1.807) is 49.8 Å². The average Bonchev–Trinajstić information content (AvgIpc) is 0.999. The summed E-state index contributed by atoms with van der Waals surface area (Å²) >= 11 is 0. The fraction of sp³-hybridized carbons (Fsp3) is 0.0706. The third kappa shape index (κ3) is 28.9. The van der Waals surface area contributed by atoms with Gasteiger partial charge in [-0.15, -0.1) is 71.8 Å². The molecule has 25 heteroatoms. The molecule has 3 N–H and O–H groups in total. The van der Waals surface area contributed by atoms with E-state index in [0.717, 1.165) is 68.8 Å². The molecule has 1 aliphatic heterocycles. The predicted octanol–water partition coefficient (Wildman–Crippen LogP) is 16.6. The Bertz CT molecular complexity index is 5020. The molecule has 0 amide bonds. The summed E-state index contributed by atoms with van der Waals surface area (Å²) in [4.78, 5) is 60.2. The van der Waals surface area contributed by atoms with Crippen LogP contribution >= 0.6 is 0 Å². The second-order valence-corrected chi connectivity index (χ2v) is 22.3. The van der Waals surface area contributed by atoms with Crippen molar-refractivity contribution < 1.29 is 132 Å². The second-order valence-electron chi connectivity index (χ2n) is 22.3. The van der Waals surface area contributed by atoms with Gasteiger partial charge in [0.05, 0.1) is 45.6 Å². The Balaban J connectivity index is 0.000000337. The monoisotopic (exact) mass is 2350 g/mol. The number of aromatic hydroxyl groups is 2. The van der Waals surface area contributed by atoms with Crippen LogP contribution < -0.4 is 10.2 Å². The Kier molecular flexibility index (Phi) is 42.9. The van der Waals surface area contributed by atoms with Gasteiger partial charge >= 0.3 is 0 Å². The van der Waals surface area contributed by atoms with Crippen LogP contribution in [0.15, 0.2) is 308 Å². The Morgan fingerprint density at radius 3 is 1.25 bits per heavy atom. The van der Waals surface area contributed by atoms with Gasteiger partial charge in [-0.05, 0) is 170 Å². The molecule has 20 nitrogen and oxygen atoms in total. The SMILES string of the molecule is CC(=O)C=C(C)O.CC1=NN=C(c2ccccn2)C1.Cc1cc(-c2ccccn2)[n-]n1.Cc1n[n-]c(-c2ccccn2)n1.Oc1ccccc1-c1cccc(-c2cccc(-c3ccccc3O)n2)n1.[CH-]=O.[CH-]=O.[Ir].[Ir].[Os].[Pt].[Pt].[c-]1ccccc1-c1nccc2ccccc12.[c-]1ccccc1-c1nccc2ccccc12. The fourth-order valence-corrected chi connectivity index (χ4v) is 9.96. The van der Waals surface area contributed by atoms with E-state index < -0.39 is 0 Å². The summed E-state index contributed by atoms with van der Waals surface area (Å²) in [6, 6.07) is 87.4. The van der Waals surface area contributed by atoms with E-state index in [1.165, 1.54) is 41.5 Å². The number of rotatable bonds is 9. The molecule has 0 bridgehead atoms. The first-order valence-electron chi connectivity index (χ1n) is 32.5. The molecule has 6 aromatic carbocycles. The number of fused-ring (bicyclic) bond motifs is 2. The summed E-state index contributed by atoms with van der Waals surface area (Å²) in [5, 5.41) is 56.8. The molecule has 16 rings (SSSR count). The summed E-state index contributed by atoms with van der Waals surface area (Å²) in [6.45, 7) is 15.0. The first-order chi connectivity index (χ1) is 51.3. The minimum Gasteiger partial charge on any atom is -0.574 e. The fourth-order valence-electron chi connectivity index (χ4n) is 9.96. The number of pyridine rings is 7. The number of ketones is 1. The topological polar surface area (TPSA) is 294 Å². The molecule has 0 saturated heterocycles. The molecule has 0 spiro atoms. The summed E-state index contributed by atoms with van der Waals surface area (Å²) < 4.78 is 0. The Morgan fingerprint density at radius 2 is 0.873 bits per heavy atom. The predicted molar refractivity (Wildman–Crippen MR) is 412 cm³/mol. The number of aryl methyl sites for hydroxylation is 2. The number of para-hydroxylation sites is 2. The van der Waals surface area contributed by atoms with Gasteiger partial charge in [-0.3, -0.25) is 38.4 Å². The van der Waals surface area contributed by atoms with E-state index in [4.69, 9.17) is 14.7 Å². The molecule has 1 aliphatic rings. The number of allylic oxidation sites excluding steroid dienone is 2. The van der Waals surface area contributed by atoms with Crippen molar-refractivity contribution in [2.45, 2.75) is 41.0 Å². The number of hydrogen-bond acceptors (Lipinski definition) is 18. The average molecular weight is 2350 g/mol. The molecular weight excluding hydrogens is 2280 g/mol. The number of phenols is 2. The number of phenolic OH excluding ortho intramolecular Hbond substituents is 2. The van der Waals surface area contributed by atoms with Crippen molar-refractivity contribution >= 4 is 52.3 Å².